The lowest BCUT2D eigenvalue weighted by molar-refractivity contribution is 0.0851. The average Bonchev–Trinajstić information content (AvgIpc) is 1.58. The number of anilines is 6. The summed E-state index contributed by atoms with van der Waals surface area (Å²) in [7, 11) is 0. The number of amides is 3. The third-order valence-corrected chi connectivity index (χ3v) is 19.4. The van der Waals surface area contributed by atoms with Gasteiger partial charge in [0.1, 0.15) is 54.7 Å². The molecule has 3 amide bonds. The van der Waals surface area contributed by atoms with Crippen LogP contribution in [0.15, 0.2) is 146 Å². The van der Waals surface area contributed by atoms with Crippen LogP contribution in [0.5, 0.6) is 0 Å². The Bertz CT molecular complexity index is 4140. The normalized spacial score (nSPS) is 18.9. The highest BCUT2D eigenvalue weighted by Crippen LogP contribution is 2.39. The Morgan fingerprint density at radius 1 is 0.402 bits per heavy atom. The van der Waals surface area contributed by atoms with E-state index >= 15 is 0 Å². The van der Waals surface area contributed by atoms with E-state index in [4.69, 9.17) is 31.4 Å². The van der Waals surface area contributed by atoms with Gasteiger partial charge in [0.15, 0.2) is 0 Å². The Balaban J connectivity index is 0.000000137. The zero-order valence-electron chi connectivity index (χ0n) is 55.8. The predicted octanol–water partition coefficient (Wildman–Crippen LogP) is 10.9. The number of aryl methyl sites for hydroxylation is 3. The number of halogens is 3. The molecule has 1 unspecified atom stereocenters. The Labute approximate surface area is 585 Å². The van der Waals surface area contributed by atoms with Gasteiger partial charge in [-0.1, -0.05) is 91.0 Å². The fourth-order valence-electron chi connectivity index (χ4n) is 14.1. The Hall–Kier alpha value is -11.6. The van der Waals surface area contributed by atoms with Crippen molar-refractivity contribution < 1.29 is 56.1 Å². The molecule has 0 radical (unpaired) electrons. The number of fused-ring (bicyclic) bond motifs is 6. The minimum absolute atomic E-state index is 0.167. The maximum absolute atomic E-state index is 13.9. The molecule has 6 aliphatic rings. The lowest BCUT2D eigenvalue weighted by atomic mass is 9.90. The molecule has 0 fully saturated rings. The van der Waals surface area contributed by atoms with E-state index in [1.165, 1.54) is 50.4 Å². The molecule has 3 aliphatic heterocycles. The van der Waals surface area contributed by atoms with Crippen molar-refractivity contribution in [1.29, 1.82) is 0 Å². The van der Waals surface area contributed by atoms with Crippen LogP contribution in [0.25, 0.3) is 0 Å². The van der Waals surface area contributed by atoms with Gasteiger partial charge in [-0.15, -0.1) is 0 Å². The number of carbonyl (C=O) groups is 6. The van der Waals surface area contributed by atoms with Crippen LogP contribution in [0.1, 0.15) is 138 Å². The second-order valence-corrected chi connectivity index (χ2v) is 26.1. The maximum atomic E-state index is 13.9. The minimum Gasteiger partial charge on any atom is -0.445 e. The van der Waals surface area contributed by atoms with Crippen molar-refractivity contribution in [2.24, 2.45) is 0 Å². The highest BCUT2D eigenvalue weighted by atomic mass is 19.1. The van der Waals surface area contributed by atoms with Gasteiger partial charge >= 0.3 is 18.3 Å². The standard InChI is InChI=1S/3C25H26FN5O3/c3*26-16-6-8-21-19(12-16)18(10-11-28-21)24(32)31-23(27)20-13-17(7-9-22(20)30-31)29-25(33)34-14-15-4-2-1-3-5-15/h3*1-6,8,12,17-18,28H,7,9-11,13-14,27H2,(H,29,33)/t17-,18?;17-,18+;17-,18-/m000/s1. The molecule has 24 nitrogen and oxygen atoms in total. The van der Waals surface area contributed by atoms with Crippen LogP contribution in [0.2, 0.25) is 0 Å². The zero-order valence-corrected chi connectivity index (χ0v) is 55.8. The quantitative estimate of drug-likeness (QED) is 0.0513. The van der Waals surface area contributed by atoms with Crippen LogP contribution in [-0.2, 0) is 72.6 Å². The zero-order chi connectivity index (χ0) is 71.0. The van der Waals surface area contributed by atoms with Gasteiger partial charge in [-0.2, -0.15) is 29.3 Å². The molecule has 9 aromatic rings. The number of nitrogen functional groups attached to an aromatic ring is 3. The highest BCUT2D eigenvalue weighted by molar-refractivity contribution is 5.92. The fourth-order valence-corrected chi connectivity index (χ4v) is 14.1. The van der Waals surface area contributed by atoms with Gasteiger partial charge in [-0.05, 0) is 165 Å². The number of carbonyl (C=O) groups excluding carboxylic acids is 6. The van der Waals surface area contributed by atoms with Crippen LogP contribution >= 0.6 is 0 Å². The maximum Gasteiger partial charge on any atom is 0.407 e. The van der Waals surface area contributed by atoms with E-state index in [1.807, 2.05) is 91.0 Å². The highest BCUT2D eigenvalue weighted by Gasteiger charge is 2.38. The summed E-state index contributed by atoms with van der Waals surface area (Å²) in [5.41, 5.74) is 30.5. The number of hydrogen-bond acceptors (Lipinski definition) is 18. The summed E-state index contributed by atoms with van der Waals surface area (Å²) < 4.78 is 61.3. The number of rotatable bonds is 12. The molecular formula is C75H78F3N15O9. The Morgan fingerprint density at radius 2 is 0.676 bits per heavy atom. The van der Waals surface area contributed by atoms with Crippen molar-refractivity contribution in [2.75, 3.05) is 52.8 Å². The lowest BCUT2D eigenvalue weighted by Gasteiger charge is -2.25. The number of aromatic nitrogens is 6. The second kappa shape index (κ2) is 30.9. The van der Waals surface area contributed by atoms with Crippen molar-refractivity contribution in [2.45, 2.75) is 133 Å². The first-order valence-corrected chi connectivity index (χ1v) is 34.2. The summed E-state index contributed by atoms with van der Waals surface area (Å²) in [4.78, 5) is 76.9. The van der Waals surface area contributed by atoms with Crippen molar-refractivity contribution in [3.05, 3.63) is 230 Å². The molecule has 528 valence electrons. The molecule has 15 rings (SSSR count). The molecule has 27 heteroatoms. The molecule has 12 N–H and O–H groups in total. The number of ether oxygens (including phenoxy) is 3. The number of nitrogens with zero attached hydrogens (tertiary/aromatic N) is 6. The topological polar surface area (TPSA) is 334 Å². The molecule has 3 aliphatic carbocycles. The summed E-state index contributed by atoms with van der Waals surface area (Å²) in [5.74, 6) is -2.73. The molecule has 0 bridgehead atoms. The van der Waals surface area contributed by atoms with Gasteiger partial charge in [0.2, 0.25) is 0 Å². The van der Waals surface area contributed by atoms with Gasteiger partial charge in [0, 0.05) is 71.5 Å². The van der Waals surface area contributed by atoms with Crippen LogP contribution in [0, 0.1) is 17.5 Å². The van der Waals surface area contributed by atoms with E-state index in [0.29, 0.717) is 113 Å². The van der Waals surface area contributed by atoms with Crippen molar-refractivity contribution in [3.8, 4) is 0 Å². The van der Waals surface area contributed by atoms with Crippen LogP contribution < -0.4 is 49.1 Å². The van der Waals surface area contributed by atoms with Gasteiger partial charge < -0.3 is 63.3 Å². The Kier molecular flexibility index (Phi) is 20.8. The van der Waals surface area contributed by atoms with Gasteiger partial charge in [0.05, 0.1) is 34.8 Å². The number of alkyl carbamates (subject to hydrolysis) is 3. The number of benzene rings is 6. The summed E-state index contributed by atoms with van der Waals surface area (Å²) >= 11 is 0. The molecule has 0 spiro atoms. The van der Waals surface area contributed by atoms with E-state index in [-0.39, 0.29) is 90.6 Å². The summed E-state index contributed by atoms with van der Waals surface area (Å²) in [6.07, 6.45) is 5.24. The predicted molar refractivity (Wildman–Crippen MR) is 375 cm³/mol. The first-order chi connectivity index (χ1) is 49.5. The molecule has 0 saturated heterocycles. The number of hydrogen-bond donors (Lipinski definition) is 9. The third-order valence-electron chi connectivity index (χ3n) is 19.4. The molecule has 6 atom stereocenters. The monoisotopic (exact) mass is 1390 g/mol. The van der Waals surface area contributed by atoms with E-state index < -0.39 is 36.0 Å². The number of nitrogens with two attached hydrogens (primary N) is 3. The molecule has 0 saturated carbocycles. The van der Waals surface area contributed by atoms with Crippen molar-refractivity contribution >= 4 is 70.5 Å². The van der Waals surface area contributed by atoms with E-state index in [0.717, 1.165) is 67.5 Å². The Morgan fingerprint density at radius 3 is 0.951 bits per heavy atom. The van der Waals surface area contributed by atoms with Crippen LogP contribution in [0.3, 0.4) is 0 Å². The summed E-state index contributed by atoms with van der Waals surface area (Å²) in [6.45, 7) is 2.39. The molecular weight excluding hydrogens is 1310 g/mol. The fraction of sp³-hybridized carbons (Fsp3) is 0.320. The second-order valence-electron chi connectivity index (χ2n) is 26.1. The SMILES string of the molecule is Nc1c2c(nn1C(=O)C1CCNc3ccc(F)cc31)CC[C@H](NC(=O)OCc1ccccc1)C2.Nc1c2c(nn1C(=O)[C@@H]1CCNc3ccc(F)cc31)CC[C@H](NC(=O)OCc1ccccc1)C2.Nc1c2c(nn1C(=O)[C@H]1CCNc3ccc(F)cc31)CC[C@H](NC(=O)OCc1ccccc1)C2. The smallest absolute Gasteiger partial charge is 0.407 e. The first kappa shape index (κ1) is 68.9. The van der Waals surface area contributed by atoms with E-state index in [9.17, 15) is 41.9 Å². The molecule has 6 heterocycles. The van der Waals surface area contributed by atoms with Crippen LogP contribution in [0.4, 0.5) is 62.1 Å². The minimum atomic E-state index is -0.530. The molecule has 102 heavy (non-hydrogen) atoms. The summed E-state index contributed by atoms with van der Waals surface area (Å²) in [5, 5.41) is 31.8. The van der Waals surface area contributed by atoms with Crippen molar-refractivity contribution in [3.63, 3.8) is 0 Å². The number of nitrogens with one attached hydrogen (secondary N) is 6. The average molecular weight is 1390 g/mol. The first-order valence-electron chi connectivity index (χ1n) is 34.2. The lowest BCUT2D eigenvalue weighted by Crippen LogP contribution is -2.39. The van der Waals surface area contributed by atoms with Gasteiger partial charge in [-0.25, -0.2) is 27.6 Å². The third kappa shape index (κ3) is 15.7. The molecule has 6 aromatic carbocycles. The van der Waals surface area contributed by atoms with Gasteiger partial charge in [0.25, 0.3) is 17.7 Å². The largest absolute Gasteiger partial charge is 0.445 e. The summed E-state index contributed by atoms with van der Waals surface area (Å²) in [6, 6.07) is 41.1. The van der Waals surface area contributed by atoms with Crippen molar-refractivity contribution in [1.82, 2.24) is 45.3 Å². The van der Waals surface area contributed by atoms with E-state index in [2.05, 4.69) is 47.2 Å². The van der Waals surface area contributed by atoms with Crippen LogP contribution in [-0.4, -0.2) is 103 Å². The van der Waals surface area contributed by atoms with E-state index in [1.54, 1.807) is 18.2 Å². The molecule has 3 aromatic heterocycles. The van der Waals surface area contributed by atoms with Gasteiger partial charge in [-0.3, -0.25) is 14.4 Å².